The van der Waals surface area contributed by atoms with Crippen LogP contribution in [0.2, 0.25) is 0 Å². The van der Waals surface area contributed by atoms with E-state index in [1.807, 2.05) is 18.2 Å². The average molecular weight is 289 g/mol. The van der Waals surface area contributed by atoms with E-state index in [1.54, 1.807) is 11.8 Å². The second-order valence-electron chi connectivity index (χ2n) is 2.19. The van der Waals surface area contributed by atoms with E-state index in [0.717, 1.165) is 16.2 Å². The summed E-state index contributed by atoms with van der Waals surface area (Å²) in [4.78, 5) is 1.09. The Morgan fingerprint density at radius 2 is 2.33 bits per heavy atom. The minimum absolute atomic E-state index is 0.780. The number of rotatable bonds is 2. The Kier molecular flexibility index (Phi) is 3.89. The zero-order valence-electron chi connectivity index (χ0n) is 6.67. The summed E-state index contributed by atoms with van der Waals surface area (Å²) >= 11 is 3.97. The fraction of sp³-hybridized carbons (Fsp3) is 0.222. The van der Waals surface area contributed by atoms with Gasteiger partial charge >= 0.3 is 0 Å². The van der Waals surface area contributed by atoms with Crippen LogP contribution in [-0.4, -0.2) is 5.75 Å². The lowest BCUT2D eigenvalue weighted by molar-refractivity contribution is 1.34. The van der Waals surface area contributed by atoms with Gasteiger partial charge in [0.1, 0.15) is 6.07 Å². The molecule has 0 heterocycles. The monoisotopic (exact) mass is 289 g/mol. The number of hydrogen-bond acceptors (Lipinski definition) is 2. The molecule has 0 aliphatic heterocycles. The fourth-order valence-electron chi connectivity index (χ4n) is 0.863. The van der Waals surface area contributed by atoms with Gasteiger partial charge in [-0.25, -0.2) is 0 Å². The maximum Gasteiger partial charge on any atom is 0.100 e. The molecule has 3 heteroatoms. The molecule has 1 aromatic carbocycles. The molecule has 0 atom stereocenters. The van der Waals surface area contributed by atoms with Crippen LogP contribution in [0.4, 0.5) is 0 Å². The maximum atomic E-state index is 8.77. The molecule has 0 saturated heterocycles. The Labute approximate surface area is 90.3 Å². The Bertz CT molecular complexity index is 317. The van der Waals surface area contributed by atoms with Crippen LogP contribution >= 0.6 is 34.4 Å². The summed E-state index contributed by atoms with van der Waals surface area (Å²) in [5.41, 5.74) is 0.780. The molecule has 1 nitrogen and oxygen atoms in total. The summed E-state index contributed by atoms with van der Waals surface area (Å²) in [6, 6.07) is 8.06. The van der Waals surface area contributed by atoms with E-state index < -0.39 is 0 Å². The summed E-state index contributed by atoms with van der Waals surface area (Å²) in [6.45, 7) is 2.09. The summed E-state index contributed by atoms with van der Waals surface area (Å²) in [7, 11) is 0. The molecular weight excluding hydrogens is 281 g/mol. The quantitative estimate of drug-likeness (QED) is 0.616. The first-order valence-electron chi connectivity index (χ1n) is 3.60. The molecular formula is C9H8INS. The third kappa shape index (κ3) is 2.39. The Hall–Kier alpha value is -0.210. The van der Waals surface area contributed by atoms with Crippen LogP contribution in [0.1, 0.15) is 12.5 Å². The number of hydrogen-bond donors (Lipinski definition) is 0. The molecule has 12 heavy (non-hydrogen) atoms. The zero-order chi connectivity index (χ0) is 8.97. The summed E-state index contributed by atoms with van der Waals surface area (Å²) in [5, 5.41) is 8.77. The van der Waals surface area contributed by atoms with Gasteiger partial charge in [0.05, 0.1) is 5.56 Å². The van der Waals surface area contributed by atoms with E-state index in [4.69, 9.17) is 5.26 Å². The lowest BCUT2D eigenvalue weighted by atomic mass is 10.2. The fourth-order valence-corrected chi connectivity index (χ4v) is 2.36. The number of benzene rings is 1. The van der Waals surface area contributed by atoms with Crippen molar-refractivity contribution in [3.8, 4) is 6.07 Å². The SMILES string of the molecule is CCSc1cc(I)ccc1C#N. The molecule has 0 radical (unpaired) electrons. The second-order valence-corrected chi connectivity index (χ2v) is 4.74. The molecule has 1 aromatic rings. The van der Waals surface area contributed by atoms with Gasteiger partial charge in [-0.1, -0.05) is 6.92 Å². The van der Waals surface area contributed by atoms with Crippen LogP contribution < -0.4 is 0 Å². The van der Waals surface area contributed by atoms with E-state index >= 15 is 0 Å². The van der Waals surface area contributed by atoms with Crippen LogP contribution in [0, 0.1) is 14.9 Å². The Morgan fingerprint density at radius 1 is 1.58 bits per heavy atom. The van der Waals surface area contributed by atoms with Crippen molar-refractivity contribution >= 4 is 34.4 Å². The lowest BCUT2D eigenvalue weighted by Crippen LogP contribution is -1.82. The number of thioether (sulfide) groups is 1. The third-order valence-corrected chi connectivity index (χ3v) is 2.97. The molecule has 62 valence electrons. The first kappa shape index (κ1) is 9.87. The van der Waals surface area contributed by atoms with Gasteiger partial charge in [-0.3, -0.25) is 0 Å². The van der Waals surface area contributed by atoms with Gasteiger partial charge in [-0.05, 0) is 46.5 Å². The van der Waals surface area contributed by atoms with Crippen molar-refractivity contribution < 1.29 is 0 Å². The average Bonchev–Trinajstić information content (AvgIpc) is 2.05. The topological polar surface area (TPSA) is 23.8 Å². The highest BCUT2D eigenvalue weighted by Gasteiger charge is 2.01. The van der Waals surface area contributed by atoms with Gasteiger partial charge < -0.3 is 0 Å². The molecule has 1 rings (SSSR count). The van der Waals surface area contributed by atoms with Gasteiger partial charge in [0.15, 0.2) is 0 Å². The van der Waals surface area contributed by atoms with Gasteiger partial charge in [0.25, 0.3) is 0 Å². The second kappa shape index (κ2) is 4.73. The first-order chi connectivity index (χ1) is 5.77. The van der Waals surface area contributed by atoms with E-state index in [-0.39, 0.29) is 0 Å². The van der Waals surface area contributed by atoms with Crippen molar-refractivity contribution in [3.63, 3.8) is 0 Å². The molecule has 0 bridgehead atoms. The number of halogens is 1. The molecule has 0 aliphatic carbocycles. The molecule has 0 unspecified atom stereocenters. The van der Waals surface area contributed by atoms with Crippen molar-refractivity contribution in [1.82, 2.24) is 0 Å². The standard InChI is InChI=1S/C9H8INS/c1-2-12-9-5-8(10)4-3-7(9)6-11/h3-5H,2H2,1H3. The summed E-state index contributed by atoms with van der Waals surface area (Å²) < 4.78 is 1.18. The van der Waals surface area contributed by atoms with E-state index in [9.17, 15) is 0 Å². The maximum absolute atomic E-state index is 8.77. The van der Waals surface area contributed by atoms with E-state index in [0.29, 0.717) is 0 Å². The molecule has 0 aromatic heterocycles. The van der Waals surface area contributed by atoms with Crippen molar-refractivity contribution in [3.05, 3.63) is 27.3 Å². The molecule has 0 saturated carbocycles. The zero-order valence-corrected chi connectivity index (χ0v) is 9.65. The van der Waals surface area contributed by atoms with Crippen molar-refractivity contribution in [2.24, 2.45) is 0 Å². The van der Waals surface area contributed by atoms with Crippen molar-refractivity contribution in [2.45, 2.75) is 11.8 Å². The van der Waals surface area contributed by atoms with Crippen LogP contribution in [0.25, 0.3) is 0 Å². The van der Waals surface area contributed by atoms with Crippen LogP contribution in [0.15, 0.2) is 23.1 Å². The smallest absolute Gasteiger partial charge is 0.100 e. The van der Waals surface area contributed by atoms with Crippen molar-refractivity contribution in [1.29, 1.82) is 5.26 Å². The highest BCUT2D eigenvalue weighted by molar-refractivity contribution is 14.1. The van der Waals surface area contributed by atoms with Gasteiger partial charge in [0, 0.05) is 8.47 Å². The van der Waals surface area contributed by atoms with Crippen LogP contribution in [0.5, 0.6) is 0 Å². The summed E-state index contributed by atoms with van der Waals surface area (Å²) in [6.07, 6.45) is 0. The largest absolute Gasteiger partial charge is 0.192 e. The van der Waals surface area contributed by atoms with Gasteiger partial charge in [0.2, 0.25) is 0 Å². The van der Waals surface area contributed by atoms with Crippen molar-refractivity contribution in [2.75, 3.05) is 5.75 Å². The van der Waals surface area contributed by atoms with Gasteiger partial charge in [-0.15, -0.1) is 11.8 Å². The molecule has 0 amide bonds. The summed E-state index contributed by atoms with van der Waals surface area (Å²) in [5.74, 6) is 1.01. The minimum atomic E-state index is 0.780. The Morgan fingerprint density at radius 3 is 2.92 bits per heavy atom. The highest BCUT2D eigenvalue weighted by Crippen LogP contribution is 2.23. The third-order valence-electron chi connectivity index (χ3n) is 1.36. The molecule has 0 aliphatic rings. The minimum Gasteiger partial charge on any atom is -0.192 e. The first-order valence-corrected chi connectivity index (χ1v) is 5.66. The van der Waals surface area contributed by atoms with Crippen LogP contribution in [0.3, 0.4) is 0 Å². The number of nitrogens with zero attached hydrogens (tertiary/aromatic N) is 1. The highest BCUT2D eigenvalue weighted by atomic mass is 127. The van der Waals surface area contributed by atoms with Crippen LogP contribution in [-0.2, 0) is 0 Å². The molecule has 0 fully saturated rings. The van der Waals surface area contributed by atoms with E-state index in [2.05, 4.69) is 35.6 Å². The molecule has 0 N–H and O–H groups in total. The van der Waals surface area contributed by atoms with E-state index in [1.165, 1.54) is 3.57 Å². The Balaban J connectivity index is 3.06. The predicted octanol–water partition coefficient (Wildman–Crippen LogP) is 3.27. The predicted molar refractivity (Wildman–Crippen MR) is 60.3 cm³/mol. The normalized spacial score (nSPS) is 9.42. The van der Waals surface area contributed by atoms with Gasteiger partial charge in [-0.2, -0.15) is 5.26 Å². The molecule has 0 spiro atoms. The lowest BCUT2D eigenvalue weighted by Gasteiger charge is -2.01. The number of nitriles is 1.